The molecule has 0 saturated carbocycles. The quantitative estimate of drug-likeness (QED) is 0.713. The molecule has 0 spiro atoms. The van der Waals surface area contributed by atoms with E-state index in [1.807, 2.05) is 19.1 Å². The van der Waals surface area contributed by atoms with Gasteiger partial charge in [-0.3, -0.25) is 0 Å². The van der Waals surface area contributed by atoms with Crippen LogP contribution in [0.25, 0.3) is 0 Å². The maximum absolute atomic E-state index is 5.68. The maximum Gasteiger partial charge on any atom is 0.150 e. The fourth-order valence-electron chi connectivity index (χ4n) is 0.701. The molecule has 0 bridgehead atoms. The van der Waals surface area contributed by atoms with Crippen molar-refractivity contribution in [2.45, 2.75) is 11.9 Å². The van der Waals surface area contributed by atoms with Gasteiger partial charge in [0.15, 0.2) is 5.01 Å². The standard InChI is InChI=1S/C8H8BrClO/c1-6(9)11-8-4-2-7(10)3-5-8/h2-6H,1H3. The highest BCUT2D eigenvalue weighted by Crippen LogP contribution is 2.17. The molecule has 0 aromatic heterocycles. The van der Waals surface area contributed by atoms with Gasteiger partial charge in [0.2, 0.25) is 0 Å². The van der Waals surface area contributed by atoms with E-state index in [1.165, 1.54) is 0 Å². The Labute approximate surface area is 79.4 Å². The largest absolute Gasteiger partial charge is 0.480 e. The zero-order valence-corrected chi connectivity index (χ0v) is 8.39. The first kappa shape index (κ1) is 8.88. The van der Waals surface area contributed by atoms with Crippen molar-refractivity contribution >= 4 is 27.5 Å². The third-order valence-electron chi connectivity index (χ3n) is 1.11. The summed E-state index contributed by atoms with van der Waals surface area (Å²) in [7, 11) is 0. The molecule has 0 heterocycles. The van der Waals surface area contributed by atoms with Gasteiger partial charge in [-0.25, -0.2) is 0 Å². The molecule has 0 saturated heterocycles. The van der Waals surface area contributed by atoms with Crippen LogP contribution in [0.1, 0.15) is 6.92 Å². The summed E-state index contributed by atoms with van der Waals surface area (Å²) in [5.41, 5.74) is 0. The van der Waals surface area contributed by atoms with Gasteiger partial charge in [0.05, 0.1) is 0 Å². The summed E-state index contributed by atoms with van der Waals surface area (Å²) in [6.45, 7) is 1.91. The minimum Gasteiger partial charge on any atom is -0.480 e. The summed E-state index contributed by atoms with van der Waals surface area (Å²) in [6.07, 6.45) is 0. The minimum absolute atomic E-state index is 0.0312. The van der Waals surface area contributed by atoms with Crippen LogP contribution >= 0.6 is 27.5 Å². The molecule has 1 atom stereocenters. The second-order valence-corrected chi connectivity index (χ2v) is 3.84. The highest BCUT2D eigenvalue weighted by Gasteiger charge is 1.96. The summed E-state index contributed by atoms with van der Waals surface area (Å²) >= 11 is 8.96. The molecule has 0 aliphatic rings. The number of benzene rings is 1. The van der Waals surface area contributed by atoms with E-state index in [-0.39, 0.29) is 5.01 Å². The molecule has 0 N–H and O–H groups in total. The third kappa shape index (κ3) is 3.12. The number of alkyl halides is 1. The van der Waals surface area contributed by atoms with Gasteiger partial charge in [-0.05, 0) is 47.1 Å². The van der Waals surface area contributed by atoms with Crippen molar-refractivity contribution in [3.8, 4) is 5.75 Å². The third-order valence-corrected chi connectivity index (χ3v) is 1.55. The van der Waals surface area contributed by atoms with Gasteiger partial charge >= 0.3 is 0 Å². The first-order valence-corrected chi connectivity index (χ1v) is 4.54. The number of hydrogen-bond acceptors (Lipinski definition) is 1. The van der Waals surface area contributed by atoms with Gasteiger partial charge < -0.3 is 4.74 Å². The fraction of sp³-hybridized carbons (Fsp3) is 0.250. The molecular formula is C8H8BrClO. The Bertz CT molecular complexity index is 220. The van der Waals surface area contributed by atoms with Crippen molar-refractivity contribution in [1.29, 1.82) is 0 Å². The van der Waals surface area contributed by atoms with Crippen LogP contribution in [0.2, 0.25) is 5.02 Å². The monoisotopic (exact) mass is 234 g/mol. The topological polar surface area (TPSA) is 9.23 Å². The molecule has 1 rings (SSSR count). The van der Waals surface area contributed by atoms with E-state index in [2.05, 4.69) is 15.9 Å². The van der Waals surface area contributed by atoms with Crippen molar-refractivity contribution in [2.75, 3.05) is 0 Å². The molecule has 0 fully saturated rings. The van der Waals surface area contributed by atoms with E-state index in [9.17, 15) is 0 Å². The molecule has 0 amide bonds. The Morgan fingerprint density at radius 2 is 1.91 bits per heavy atom. The number of rotatable bonds is 2. The maximum atomic E-state index is 5.68. The van der Waals surface area contributed by atoms with E-state index in [0.29, 0.717) is 0 Å². The Hall–Kier alpha value is -0.210. The number of hydrogen-bond donors (Lipinski definition) is 0. The van der Waals surface area contributed by atoms with Crippen molar-refractivity contribution in [2.24, 2.45) is 0 Å². The average Bonchev–Trinajstić information content (AvgIpc) is 1.93. The molecule has 11 heavy (non-hydrogen) atoms. The van der Waals surface area contributed by atoms with Gasteiger partial charge in [0.25, 0.3) is 0 Å². The van der Waals surface area contributed by atoms with Crippen molar-refractivity contribution < 1.29 is 4.74 Å². The van der Waals surface area contributed by atoms with Gasteiger partial charge in [-0.15, -0.1) is 0 Å². The van der Waals surface area contributed by atoms with Gasteiger partial charge in [0, 0.05) is 5.02 Å². The van der Waals surface area contributed by atoms with Crippen LogP contribution in [0.3, 0.4) is 0 Å². The van der Waals surface area contributed by atoms with Crippen LogP contribution in [0.4, 0.5) is 0 Å². The molecule has 1 aromatic rings. The predicted molar refractivity (Wildman–Crippen MR) is 50.5 cm³/mol. The lowest BCUT2D eigenvalue weighted by Gasteiger charge is -2.06. The van der Waals surface area contributed by atoms with Crippen molar-refractivity contribution in [3.05, 3.63) is 29.3 Å². The minimum atomic E-state index is 0.0312. The molecule has 0 aliphatic heterocycles. The van der Waals surface area contributed by atoms with Crippen molar-refractivity contribution in [3.63, 3.8) is 0 Å². The van der Waals surface area contributed by atoms with E-state index in [4.69, 9.17) is 16.3 Å². The zero-order chi connectivity index (χ0) is 8.27. The molecular weight excluding hydrogens is 227 g/mol. The first-order valence-electron chi connectivity index (χ1n) is 3.25. The second-order valence-electron chi connectivity index (χ2n) is 2.11. The van der Waals surface area contributed by atoms with Crippen LogP contribution in [0, 0.1) is 0 Å². The lowest BCUT2D eigenvalue weighted by molar-refractivity contribution is 0.314. The van der Waals surface area contributed by atoms with E-state index < -0.39 is 0 Å². The Kier molecular flexibility index (Phi) is 3.21. The molecule has 0 aliphatic carbocycles. The lowest BCUT2D eigenvalue weighted by atomic mass is 10.3. The normalized spacial score (nSPS) is 12.6. The molecule has 1 unspecified atom stereocenters. The lowest BCUT2D eigenvalue weighted by Crippen LogP contribution is -2.00. The summed E-state index contributed by atoms with van der Waals surface area (Å²) in [5, 5.41) is 0.753. The Morgan fingerprint density at radius 3 is 2.36 bits per heavy atom. The molecule has 3 heteroatoms. The van der Waals surface area contributed by atoms with Gasteiger partial charge in [-0.1, -0.05) is 11.6 Å². The van der Waals surface area contributed by atoms with E-state index >= 15 is 0 Å². The Morgan fingerprint density at radius 1 is 1.36 bits per heavy atom. The summed E-state index contributed by atoms with van der Waals surface area (Å²) in [5.74, 6) is 0.818. The summed E-state index contributed by atoms with van der Waals surface area (Å²) in [6, 6.07) is 7.26. The van der Waals surface area contributed by atoms with Gasteiger partial charge in [0.1, 0.15) is 5.75 Å². The molecule has 1 nitrogen and oxygen atoms in total. The van der Waals surface area contributed by atoms with E-state index in [0.717, 1.165) is 10.8 Å². The number of halogens is 2. The smallest absolute Gasteiger partial charge is 0.150 e. The molecule has 1 aromatic carbocycles. The molecule has 60 valence electrons. The van der Waals surface area contributed by atoms with Crippen LogP contribution in [0.5, 0.6) is 5.75 Å². The fourth-order valence-corrected chi connectivity index (χ4v) is 1.04. The van der Waals surface area contributed by atoms with Crippen molar-refractivity contribution in [1.82, 2.24) is 0 Å². The predicted octanol–water partition coefficient (Wildman–Crippen LogP) is 3.46. The average molecular weight is 236 g/mol. The highest BCUT2D eigenvalue weighted by molar-refractivity contribution is 9.09. The Balaban J connectivity index is 2.66. The van der Waals surface area contributed by atoms with E-state index in [1.54, 1.807) is 12.1 Å². The highest BCUT2D eigenvalue weighted by atomic mass is 79.9. The first-order chi connectivity index (χ1) is 5.18. The van der Waals surface area contributed by atoms with Crippen LogP contribution in [-0.2, 0) is 0 Å². The summed E-state index contributed by atoms with van der Waals surface area (Å²) < 4.78 is 5.33. The molecule has 0 radical (unpaired) electrons. The zero-order valence-electron chi connectivity index (χ0n) is 6.05. The van der Waals surface area contributed by atoms with Gasteiger partial charge in [-0.2, -0.15) is 0 Å². The summed E-state index contributed by atoms with van der Waals surface area (Å²) in [4.78, 5) is 0. The SMILES string of the molecule is CC(Br)Oc1ccc(Cl)cc1. The second kappa shape index (κ2) is 3.98. The van der Waals surface area contributed by atoms with Crippen LogP contribution in [-0.4, -0.2) is 5.01 Å². The van der Waals surface area contributed by atoms with Crippen LogP contribution < -0.4 is 4.74 Å². The van der Waals surface area contributed by atoms with Crippen LogP contribution in [0.15, 0.2) is 24.3 Å². The number of ether oxygens (including phenoxy) is 1.